The Balaban J connectivity index is 1.54. The van der Waals surface area contributed by atoms with E-state index in [0.29, 0.717) is 27.1 Å². The highest BCUT2D eigenvalue weighted by Crippen LogP contribution is 2.28. The van der Waals surface area contributed by atoms with Crippen molar-refractivity contribution in [1.82, 2.24) is 9.97 Å². The van der Waals surface area contributed by atoms with E-state index < -0.39 is 0 Å². The minimum absolute atomic E-state index is 0.197. The quantitative estimate of drug-likeness (QED) is 0.424. The maximum absolute atomic E-state index is 12.7. The van der Waals surface area contributed by atoms with Gasteiger partial charge in [0.15, 0.2) is 0 Å². The molecule has 2 aromatic carbocycles. The summed E-state index contributed by atoms with van der Waals surface area (Å²) in [6.07, 6.45) is 3.51. The summed E-state index contributed by atoms with van der Waals surface area (Å²) in [7, 11) is 0. The van der Waals surface area contributed by atoms with Crippen molar-refractivity contribution in [3.05, 3.63) is 95.3 Å². The number of thioether (sulfide) groups is 1. The van der Waals surface area contributed by atoms with Crippen molar-refractivity contribution < 1.29 is 4.79 Å². The smallest absolute Gasteiger partial charge is 0.258 e. The second-order valence-corrected chi connectivity index (χ2v) is 7.49. The molecule has 0 radical (unpaired) electrons. The van der Waals surface area contributed by atoms with Crippen LogP contribution >= 0.6 is 23.4 Å². The van der Waals surface area contributed by atoms with Crippen LogP contribution < -0.4 is 5.32 Å². The zero-order chi connectivity index (χ0) is 19.3. The molecule has 0 saturated carbocycles. The number of rotatable bonds is 5. The van der Waals surface area contributed by atoms with Gasteiger partial charge in [-0.15, -0.1) is 11.8 Å². The summed E-state index contributed by atoms with van der Waals surface area (Å²) in [4.78, 5) is 21.5. The fourth-order valence-electron chi connectivity index (χ4n) is 2.84. The number of hydrogen-bond acceptors (Lipinski definition) is 4. The zero-order valence-electron chi connectivity index (χ0n) is 14.8. The van der Waals surface area contributed by atoms with Crippen LogP contribution in [-0.4, -0.2) is 15.9 Å². The normalized spacial score (nSPS) is 10.8. The van der Waals surface area contributed by atoms with Gasteiger partial charge in [0.2, 0.25) is 0 Å². The van der Waals surface area contributed by atoms with E-state index in [1.165, 1.54) is 11.8 Å². The number of fused-ring (bicyclic) bond motifs is 1. The van der Waals surface area contributed by atoms with Gasteiger partial charge in [-0.05, 0) is 54.1 Å². The fraction of sp³-hybridized carbons (Fsp3) is 0.0455. The highest BCUT2D eigenvalue weighted by molar-refractivity contribution is 7.98. The molecule has 0 aliphatic heterocycles. The van der Waals surface area contributed by atoms with Gasteiger partial charge in [-0.2, -0.15) is 0 Å². The molecule has 4 nitrogen and oxygen atoms in total. The second-order valence-electron chi connectivity index (χ2n) is 6.09. The van der Waals surface area contributed by atoms with Crippen molar-refractivity contribution in [2.75, 3.05) is 5.32 Å². The first kappa shape index (κ1) is 18.5. The van der Waals surface area contributed by atoms with Crippen LogP contribution in [0.2, 0.25) is 5.02 Å². The number of carbonyl (C=O) groups excluding carboxylic acids is 1. The molecule has 4 rings (SSSR count). The third-order valence-corrected chi connectivity index (χ3v) is 5.53. The number of amides is 1. The Bertz CT molecular complexity index is 1130. The van der Waals surface area contributed by atoms with Gasteiger partial charge in [0.25, 0.3) is 5.91 Å². The lowest BCUT2D eigenvalue weighted by molar-refractivity contribution is 0.102. The van der Waals surface area contributed by atoms with Gasteiger partial charge in [-0.1, -0.05) is 29.8 Å². The summed E-state index contributed by atoms with van der Waals surface area (Å²) >= 11 is 7.44. The standard InChI is InChI=1S/C22H16ClN3OS/c23-16-7-9-17(10-8-16)26-21(27)19-5-3-12-25-22(19)28-14-15-11-13-24-20-6-2-1-4-18(15)20/h1-13H,14H2,(H,26,27). The van der Waals surface area contributed by atoms with Crippen molar-refractivity contribution in [2.45, 2.75) is 10.8 Å². The summed E-state index contributed by atoms with van der Waals surface area (Å²) in [5, 5.41) is 5.32. The highest BCUT2D eigenvalue weighted by atomic mass is 35.5. The molecule has 0 spiro atoms. The Morgan fingerprint density at radius 2 is 1.75 bits per heavy atom. The topological polar surface area (TPSA) is 54.9 Å². The van der Waals surface area contributed by atoms with Crippen molar-refractivity contribution in [1.29, 1.82) is 0 Å². The molecule has 0 atom stereocenters. The van der Waals surface area contributed by atoms with Gasteiger partial charge >= 0.3 is 0 Å². The SMILES string of the molecule is O=C(Nc1ccc(Cl)cc1)c1cccnc1SCc1ccnc2ccccc12. The molecule has 0 unspecified atom stereocenters. The monoisotopic (exact) mass is 405 g/mol. The molecule has 138 valence electrons. The van der Waals surface area contributed by atoms with Crippen molar-refractivity contribution in [3.63, 3.8) is 0 Å². The molecule has 1 N–H and O–H groups in total. The van der Waals surface area contributed by atoms with Crippen LogP contribution in [0.4, 0.5) is 5.69 Å². The summed E-state index contributed by atoms with van der Waals surface area (Å²) in [6, 6.07) is 20.6. The number of anilines is 1. The van der Waals surface area contributed by atoms with Gasteiger partial charge in [0.05, 0.1) is 11.1 Å². The molecular weight excluding hydrogens is 390 g/mol. The maximum atomic E-state index is 12.7. The summed E-state index contributed by atoms with van der Waals surface area (Å²) in [6.45, 7) is 0. The van der Waals surface area contributed by atoms with Gasteiger partial charge in [0, 0.05) is 34.2 Å². The molecule has 0 aliphatic carbocycles. The molecule has 0 bridgehead atoms. The largest absolute Gasteiger partial charge is 0.322 e. The third kappa shape index (κ3) is 4.16. The van der Waals surface area contributed by atoms with Crippen molar-refractivity contribution in [3.8, 4) is 0 Å². The number of nitrogens with zero attached hydrogens (tertiary/aromatic N) is 2. The first-order valence-electron chi connectivity index (χ1n) is 8.68. The summed E-state index contributed by atoms with van der Waals surface area (Å²) in [5.74, 6) is 0.499. The molecule has 0 fully saturated rings. The minimum Gasteiger partial charge on any atom is -0.322 e. The predicted molar refractivity (Wildman–Crippen MR) is 115 cm³/mol. The minimum atomic E-state index is -0.197. The first-order chi connectivity index (χ1) is 13.7. The van der Waals surface area contributed by atoms with Crippen LogP contribution in [0.15, 0.2) is 84.1 Å². The number of benzene rings is 2. The van der Waals surface area contributed by atoms with Crippen LogP contribution in [0.3, 0.4) is 0 Å². The lowest BCUT2D eigenvalue weighted by atomic mass is 10.1. The number of para-hydroxylation sites is 1. The number of pyridine rings is 2. The Morgan fingerprint density at radius 1 is 0.929 bits per heavy atom. The van der Waals surface area contributed by atoms with E-state index in [2.05, 4.69) is 21.4 Å². The predicted octanol–water partition coefficient (Wildman–Crippen LogP) is 5.83. The van der Waals surface area contributed by atoms with E-state index in [4.69, 9.17) is 11.6 Å². The highest BCUT2D eigenvalue weighted by Gasteiger charge is 2.14. The molecule has 2 aromatic heterocycles. The number of carbonyl (C=O) groups is 1. The second kappa shape index (κ2) is 8.42. The average molecular weight is 406 g/mol. The molecule has 28 heavy (non-hydrogen) atoms. The Morgan fingerprint density at radius 3 is 2.61 bits per heavy atom. The van der Waals surface area contributed by atoms with Crippen LogP contribution in [0.5, 0.6) is 0 Å². The van der Waals surface area contributed by atoms with Crippen LogP contribution in [0.25, 0.3) is 10.9 Å². The molecule has 2 heterocycles. The van der Waals surface area contributed by atoms with Gasteiger partial charge in [0.1, 0.15) is 5.03 Å². The average Bonchev–Trinajstić information content (AvgIpc) is 2.74. The molecule has 0 aliphatic rings. The van der Waals surface area contributed by atoms with Crippen molar-refractivity contribution in [2.24, 2.45) is 0 Å². The third-order valence-electron chi connectivity index (χ3n) is 4.22. The molecule has 1 amide bonds. The van der Waals surface area contributed by atoms with Crippen LogP contribution in [0, 0.1) is 0 Å². The van der Waals surface area contributed by atoms with Crippen molar-refractivity contribution >= 4 is 45.9 Å². The van der Waals surface area contributed by atoms with E-state index in [0.717, 1.165) is 16.5 Å². The Hall–Kier alpha value is -2.89. The number of hydrogen-bond donors (Lipinski definition) is 1. The Kier molecular flexibility index (Phi) is 5.55. The Labute approximate surface area is 172 Å². The summed E-state index contributed by atoms with van der Waals surface area (Å²) in [5.41, 5.74) is 3.35. The van der Waals surface area contributed by atoms with Crippen LogP contribution in [-0.2, 0) is 5.75 Å². The van der Waals surface area contributed by atoms with Crippen LogP contribution in [0.1, 0.15) is 15.9 Å². The first-order valence-corrected chi connectivity index (χ1v) is 10.0. The molecule has 0 saturated heterocycles. The number of aromatic nitrogens is 2. The van der Waals surface area contributed by atoms with Gasteiger partial charge < -0.3 is 5.32 Å². The van der Waals surface area contributed by atoms with E-state index in [9.17, 15) is 4.79 Å². The van der Waals surface area contributed by atoms with E-state index in [1.807, 2.05) is 30.5 Å². The zero-order valence-corrected chi connectivity index (χ0v) is 16.4. The van der Waals surface area contributed by atoms with E-state index in [1.54, 1.807) is 42.6 Å². The lowest BCUT2D eigenvalue weighted by Gasteiger charge is -2.10. The van der Waals surface area contributed by atoms with E-state index in [-0.39, 0.29) is 5.91 Å². The lowest BCUT2D eigenvalue weighted by Crippen LogP contribution is -2.13. The summed E-state index contributed by atoms with van der Waals surface area (Å²) < 4.78 is 0. The number of halogens is 1. The molecular formula is C22H16ClN3OS. The molecule has 6 heteroatoms. The van der Waals surface area contributed by atoms with E-state index >= 15 is 0 Å². The number of nitrogens with one attached hydrogen (secondary N) is 1. The fourth-order valence-corrected chi connectivity index (χ4v) is 3.96. The maximum Gasteiger partial charge on any atom is 0.258 e. The molecule has 4 aromatic rings. The van der Waals surface area contributed by atoms with Gasteiger partial charge in [-0.25, -0.2) is 4.98 Å². The van der Waals surface area contributed by atoms with Gasteiger partial charge in [-0.3, -0.25) is 9.78 Å².